The van der Waals surface area contributed by atoms with Crippen LogP contribution in [0.5, 0.6) is 0 Å². The summed E-state index contributed by atoms with van der Waals surface area (Å²) in [7, 11) is 0. The molecule has 0 fully saturated rings. The van der Waals surface area contributed by atoms with Crippen LogP contribution in [0.4, 0.5) is 0 Å². The van der Waals surface area contributed by atoms with Crippen molar-refractivity contribution in [2.75, 3.05) is 0 Å². The highest BCUT2D eigenvalue weighted by molar-refractivity contribution is 6.23. The Labute approximate surface area is 381 Å². The van der Waals surface area contributed by atoms with Crippen LogP contribution in [0.3, 0.4) is 0 Å². The van der Waals surface area contributed by atoms with Gasteiger partial charge in [-0.15, -0.1) is 0 Å². The Morgan fingerprint density at radius 2 is 0.615 bits per heavy atom. The third-order valence-electron chi connectivity index (χ3n) is 15.4. The van der Waals surface area contributed by atoms with Crippen LogP contribution in [0, 0.1) is 6.92 Å². The van der Waals surface area contributed by atoms with Gasteiger partial charge in [-0.2, -0.15) is 0 Å². The molecule has 0 nitrogen and oxygen atoms in total. The first-order valence-corrected chi connectivity index (χ1v) is 23.2. The molecule has 11 aromatic carbocycles. The summed E-state index contributed by atoms with van der Waals surface area (Å²) < 4.78 is 0. The molecule has 0 aromatic heterocycles. The average Bonchev–Trinajstić information content (AvgIpc) is 3.71. The van der Waals surface area contributed by atoms with Gasteiger partial charge in [-0.3, -0.25) is 0 Å². The summed E-state index contributed by atoms with van der Waals surface area (Å²) in [5.74, 6) is 0. The van der Waals surface area contributed by atoms with Crippen LogP contribution in [-0.2, 0) is 10.8 Å². The van der Waals surface area contributed by atoms with Gasteiger partial charge in [0, 0.05) is 10.8 Å². The number of fused-ring (bicyclic) bond motifs is 10. The van der Waals surface area contributed by atoms with E-state index in [4.69, 9.17) is 0 Å². The van der Waals surface area contributed by atoms with Gasteiger partial charge in [-0.1, -0.05) is 210 Å². The lowest BCUT2D eigenvalue weighted by Gasteiger charge is -2.24. The largest absolute Gasteiger partial charge is 0.0622 e. The van der Waals surface area contributed by atoms with E-state index in [-0.39, 0.29) is 10.8 Å². The molecular weight excluding hydrogens is 781 g/mol. The van der Waals surface area contributed by atoms with Crippen molar-refractivity contribution in [3.63, 3.8) is 0 Å². The summed E-state index contributed by atoms with van der Waals surface area (Å²) in [5.41, 5.74) is 22.2. The predicted octanol–water partition coefficient (Wildman–Crippen LogP) is 17.9. The molecule has 0 atom stereocenters. The molecule has 0 amide bonds. The van der Waals surface area contributed by atoms with Gasteiger partial charge in [0.2, 0.25) is 0 Å². The second-order valence-electron chi connectivity index (χ2n) is 19.6. The second-order valence-corrected chi connectivity index (χ2v) is 19.6. The van der Waals surface area contributed by atoms with E-state index in [1.54, 1.807) is 0 Å². The fourth-order valence-corrected chi connectivity index (χ4v) is 12.3. The van der Waals surface area contributed by atoms with Crippen molar-refractivity contribution in [2.45, 2.75) is 45.4 Å². The lowest BCUT2D eigenvalue weighted by molar-refractivity contribution is 0.660. The van der Waals surface area contributed by atoms with Crippen LogP contribution in [0.25, 0.3) is 110 Å². The molecule has 2 aliphatic rings. The van der Waals surface area contributed by atoms with Crippen LogP contribution >= 0.6 is 0 Å². The molecule has 0 heterocycles. The highest BCUT2D eigenvalue weighted by atomic mass is 14.4. The van der Waals surface area contributed by atoms with E-state index in [1.165, 1.54) is 138 Å². The standard InChI is InChI=1S/C65H48/c1-39-18-17-28-54-59(39)63(40-19-7-6-8-20-40)53-27-14-13-26-52(53)62(54)43-32-35-47-46-34-31-42(37-57(46)65(4,5)58(47)38-43)61-50-24-11-9-22-48(50)60(49-23-10-12-25-51(49)61)41-30-33-45-44-21-15-16-29-55(44)64(2,3)56(45)36-41/h6-38H,1-5H3. The molecule has 308 valence electrons. The zero-order chi connectivity index (χ0) is 43.8. The van der Waals surface area contributed by atoms with Crippen LogP contribution in [0.1, 0.15) is 55.5 Å². The van der Waals surface area contributed by atoms with E-state index in [9.17, 15) is 0 Å². The molecule has 0 N–H and O–H groups in total. The topological polar surface area (TPSA) is 0 Å². The number of hydrogen-bond acceptors (Lipinski definition) is 0. The molecule has 0 saturated carbocycles. The van der Waals surface area contributed by atoms with Gasteiger partial charge in [0.15, 0.2) is 0 Å². The summed E-state index contributed by atoms with van der Waals surface area (Å²) in [6.07, 6.45) is 0. The summed E-state index contributed by atoms with van der Waals surface area (Å²) in [6, 6.07) is 75.7. The Hall–Kier alpha value is -7.54. The van der Waals surface area contributed by atoms with E-state index in [0.717, 1.165) is 0 Å². The first-order chi connectivity index (χ1) is 31.7. The molecule has 11 aromatic rings. The van der Waals surface area contributed by atoms with Gasteiger partial charge >= 0.3 is 0 Å². The van der Waals surface area contributed by atoms with Gasteiger partial charge in [0.1, 0.15) is 0 Å². The summed E-state index contributed by atoms with van der Waals surface area (Å²) >= 11 is 0. The van der Waals surface area contributed by atoms with Crippen LogP contribution in [0.15, 0.2) is 200 Å². The smallest absolute Gasteiger partial charge is 0.0159 e. The molecule has 0 spiro atoms. The normalized spacial score (nSPS) is 14.2. The van der Waals surface area contributed by atoms with Gasteiger partial charge in [-0.05, 0) is 163 Å². The van der Waals surface area contributed by atoms with E-state index < -0.39 is 0 Å². The molecule has 0 unspecified atom stereocenters. The van der Waals surface area contributed by atoms with Crippen LogP contribution < -0.4 is 0 Å². The maximum atomic E-state index is 2.51. The van der Waals surface area contributed by atoms with Crippen molar-refractivity contribution < 1.29 is 0 Å². The maximum Gasteiger partial charge on any atom is 0.0159 e. The third-order valence-corrected chi connectivity index (χ3v) is 15.4. The third kappa shape index (κ3) is 5.32. The van der Waals surface area contributed by atoms with Gasteiger partial charge < -0.3 is 0 Å². The molecule has 0 aliphatic heterocycles. The van der Waals surface area contributed by atoms with Gasteiger partial charge in [0.05, 0.1) is 0 Å². The minimum absolute atomic E-state index is 0.0728. The van der Waals surface area contributed by atoms with E-state index >= 15 is 0 Å². The SMILES string of the molecule is Cc1cccc2c(-c3ccc4c(c3)C(C)(C)c3cc(-c5c6ccccc6c(-c6ccc7c(c6)C(C)(C)c6ccccc6-7)c6ccccc56)ccc3-4)c3ccccc3c(-c3ccccc3)c12. The highest BCUT2D eigenvalue weighted by Gasteiger charge is 2.38. The molecule has 2 aliphatic carbocycles. The van der Waals surface area contributed by atoms with Crippen molar-refractivity contribution in [1.82, 2.24) is 0 Å². The van der Waals surface area contributed by atoms with Gasteiger partial charge in [-0.25, -0.2) is 0 Å². The Bertz CT molecular complexity index is 3760. The number of aryl methyl sites for hydroxylation is 1. The summed E-state index contributed by atoms with van der Waals surface area (Å²) in [5, 5.41) is 10.4. The monoisotopic (exact) mass is 828 g/mol. The maximum absolute atomic E-state index is 2.51. The number of benzene rings is 11. The second kappa shape index (κ2) is 13.7. The molecule has 0 radical (unpaired) electrons. The Morgan fingerprint density at radius 3 is 1.09 bits per heavy atom. The first kappa shape index (κ1) is 38.0. The molecular formula is C65H48. The summed E-state index contributed by atoms with van der Waals surface area (Å²) in [4.78, 5) is 0. The summed E-state index contributed by atoms with van der Waals surface area (Å²) in [6.45, 7) is 11.9. The quantitative estimate of drug-likeness (QED) is 0.155. The fourth-order valence-electron chi connectivity index (χ4n) is 12.3. The van der Waals surface area contributed by atoms with Gasteiger partial charge in [0.25, 0.3) is 0 Å². The lowest BCUT2D eigenvalue weighted by atomic mass is 9.79. The van der Waals surface area contributed by atoms with E-state index in [1.807, 2.05) is 0 Å². The average molecular weight is 829 g/mol. The van der Waals surface area contributed by atoms with Crippen molar-refractivity contribution in [2.24, 2.45) is 0 Å². The van der Waals surface area contributed by atoms with Crippen molar-refractivity contribution in [3.8, 4) is 66.8 Å². The molecule has 0 heteroatoms. The fraction of sp³-hybridized carbons (Fsp3) is 0.108. The van der Waals surface area contributed by atoms with Crippen molar-refractivity contribution in [1.29, 1.82) is 0 Å². The minimum atomic E-state index is -0.220. The molecule has 13 rings (SSSR count). The van der Waals surface area contributed by atoms with Crippen molar-refractivity contribution >= 4 is 43.1 Å². The molecule has 0 bridgehead atoms. The Balaban J connectivity index is 0.972. The zero-order valence-electron chi connectivity index (χ0n) is 37.6. The highest BCUT2D eigenvalue weighted by Crippen LogP contribution is 2.55. The van der Waals surface area contributed by atoms with Crippen LogP contribution in [-0.4, -0.2) is 0 Å². The lowest BCUT2D eigenvalue weighted by Crippen LogP contribution is -2.15. The Kier molecular flexibility index (Phi) is 8.02. The van der Waals surface area contributed by atoms with E-state index in [2.05, 4.69) is 235 Å². The number of rotatable bonds is 4. The molecule has 0 saturated heterocycles. The van der Waals surface area contributed by atoms with E-state index in [0.29, 0.717) is 0 Å². The first-order valence-electron chi connectivity index (χ1n) is 23.2. The minimum Gasteiger partial charge on any atom is -0.0622 e. The zero-order valence-corrected chi connectivity index (χ0v) is 37.6. The Morgan fingerprint density at radius 1 is 0.262 bits per heavy atom. The van der Waals surface area contributed by atoms with Crippen LogP contribution in [0.2, 0.25) is 0 Å². The number of hydrogen-bond donors (Lipinski definition) is 0. The predicted molar refractivity (Wildman–Crippen MR) is 278 cm³/mol. The molecule has 65 heavy (non-hydrogen) atoms. The van der Waals surface area contributed by atoms with Crippen molar-refractivity contribution in [3.05, 3.63) is 228 Å².